The van der Waals surface area contributed by atoms with Gasteiger partial charge in [0.1, 0.15) is 25.0 Å². The highest BCUT2D eigenvalue weighted by atomic mass is 32.2. The first-order chi connectivity index (χ1) is 9.52. The molecular weight excluding hydrogens is 288 g/mol. The molecule has 10 heteroatoms. The summed E-state index contributed by atoms with van der Waals surface area (Å²) >= 11 is 1.45. The second-order valence-corrected chi connectivity index (χ2v) is 5.06. The monoisotopic (exact) mass is 300 g/mol. The molecule has 1 aromatic heterocycles. The van der Waals surface area contributed by atoms with Crippen LogP contribution in [-0.2, 0) is 20.9 Å². The van der Waals surface area contributed by atoms with Crippen LogP contribution < -0.4 is 0 Å². The van der Waals surface area contributed by atoms with Crippen LogP contribution in [0.25, 0.3) is 0 Å². The second-order valence-electron chi connectivity index (χ2n) is 4.06. The topological polar surface area (TPSA) is 108 Å². The van der Waals surface area contributed by atoms with E-state index in [1.54, 1.807) is 0 Å². The molecule has 2 heterocycles. The van der Waals surface area contributed by atoms with Gasteiger partial charge in [-0.2, -0.15) is 5.10 Å². The van der Waals surface area contributed by atoms with Crippen LogP contribution in [0, 0.1) is 10.1 Å². The van der Waals surface area contributed by atoms with Crippen LogP contribution in [0.1, 0.15) is 0 Å². The van der Waals surface area contributed by atoms with Crippen molar-refractivity contribution < 1.29 is 19.2 Å². The van der Waals surface area contributed by atoms with Gasteiger partial charge in [-0.05, 0) is 0 Å². The molecule has 1 amide bonds. The van der Waals surface area contributed by atoms with Gasteiger partial charge < -0.3 is 9.64 Å². The minimum Gasteiger partial charge on any atom is -0.467 e. The summed E-state index contributed by atoms with van der Waals surface area (Å²) in [5.41, 5.74) is -0.182. The number of thioether (sulfide) groups is 1. The number of aromatic nitrogens is 2. The Bertz CT molecular complexity index is 546. The maximum atomic E-state index is 12.1. The maximum absolute atomic E-state index is 12.1. The molecule has 0 radical (unpaired) electrons. The molecule has 20 heavy (non-hydrogen) atoms. The Morgan fingerprint density at radius 2 is 2.40 bits per heavy atom. The van der Waals surface area contributed by atoms with E-state index in [4.69, 9.17) is 0 Å². The average Bonchev–Trinajstić information content (AvgIpc) is 3.06. The summed E-state index contributed by atoms with van der Waals surface area (Å²) in [5.74, 6) is 0.0813. The fraction of sp³-hybridized carbons (Fsp3) is 0.500. The maximum Gasteiger partial charge on any atom is 0.329 e. The molecule has 0 spiro atoms. The van der Waals surface area contributed by atoms with Crippen molar-refractivity contribution in [1.82, 2.24) is 14.7 Å². The first kappa shape index (κ1) is 14.3. The van der Waals surface area contributed by atoms with Crippen LogP contribution in [0.15, 0.2) is 12.4 Å². The van der Waals surface area contributed by atoms with Gasteiger partial charge in [0, 0.05) is 5.75 Å². The van der Waals surface area contributed by atoms with Gasteiger partial charge >= 0.3 is 11.7 Å². The van der Waals surface area contributed by atoms with Crippen molar-refractivity contribution in [3.05, 3.63) is 22.5 Å². The zero-order chi connectivity index (χ0) is 14.7. The van der Waals surface area contributed by atoms with Gasteiger partial charge in [-0.15, -0.1) is 11.8 Å². The lowest BCUT2D eigenvalue weighted by atomic mass is 10.3. The first-order valence-corrected chi connectivity index (χ1v) is 6.80. The van der Waals surface area contributed by atoms with E-state index in [9.17, 15) is 19.7 Å². The molecule has 0 N–H and O–H groups in total. The molecule has 0 aliphatic carbocycles. The average molecular weight is 300 g/mol. The van der Waals surface area contributed by atoms with Gasteiger partial charge in [0.25, 0.3) is 0 Å². The van der Waals surface area contributed by atoms with Crippen LogP contribution in [0.3, 0.4) is 0 Å². The van der Waals surface area contributed by atoms with E-state index in [0.29, 0.717) is 11.6 Å². The van der Waals surface area contributed by atoms with Gasteiger partial charge in [0.05, 0.1) is 17.9 Å². The van der Waals surface area contributed by atoms with Gasteiger partial charge in [-0.3, -0.25) is 19.6 Å². The molecule has 0 bridgehead atoms. The Labute approximate surface area is 118 Å². The Hall–Kier alpha value is -2.10. The molecule has 108 valence electrons. The molecule has 1 aliphatic rings. The number of esters is 1. The largest absolute Gasteiger partial charge is 0.467 e. The summed E-state index contributed by atoms with van der Waals surface area (Å²) in [5, 5.41) is 14.3. The summed E-state index contributed by atoms with van der Waals surface area (Å²) in [6.07, 6.45) is 2.25. The second kappa shape index (κ2) is 5.90. The van der Waals surface area contributed by atoms with Crippen molar-refractivity contribution in [2.45, 2.75) is 12.6 Å². The lowest BCUT2D eigenvalue weighted by Gasteiger charge is -2.21. The standard InChI is InChI=1S/C10H12N4O5S/c1-19-10(16)8-5-20-6-13(8)9(15)4-12-3-7(2-11-12)14(17)18/h2-3,8H,4-6H2,1H3/t8-/m0/s1. The number of methoxy groups -OCH3 is 1. The zero-order valence-corrected chi connectivity index (χ0v) is 11.4. The quantitative estimate of drug-likeness (QED) is 0.433. The third-order valence-electron chi connectivity index (χ3n) is 2.80. The number of carbonyl (C=O) groups is 2. The van der Waals surface area contributed by atoms with Crippen molar-refractivity contribution >= 4 is 29.3 Å². The van der Waals surface area contributed by atoms with E-state index < -0.39 is 16.9 Å². The number of amides is 1. The molecule has 1 saturated heterocycles. The third-order valence-corrected chi connectivity index (χ3v) is 3.82. The number of nitro groups is 1. The number of nitrogens with zero attached hydrogens (tertiary/aromatic N) is 4. The fourth-order valence-corrected chi connectivity index (χ4v) is 2.95. The highest BCUT2D eigenvalue weighted by Crippen LogP contribution is 2.22. The highest BCUT2D eigenvalue weighted by Gasteiger charge is 2.35. The van der Waals surface area contributed by atoms with E-state index >= 15 is 0 Å². The van der Waals surface area contributed by atoms with Crippen molar-refractivity contribution in [3.63, 3.8) is 0 Å². The minimum absolute atomic E-state index is 0.151. The Morgan fingerprint density at radius 3 is 3.00 bits per heavy atom. The first-order valence-electron chi connectivity index (χ1n) is 5.65. The molecule has 9 nitrogen and oxygen atoms in total. The van der Waals surface area contributed by atoms with Gasteiger partial charge in [-0.1, -0.05) is 0 Å². The van der Waals surface area contributed by atoms with Gasteiger partial charge in [0.2, 0.25) is 5.91 Å². The SMILES string of the molecule is COC(=O)[C@@H]1CSCN1C(=O)Cn1cc([N+](=O)[O-])cn1. The summed E-state index contributed by atoms with van der Waals surface area (Å²) in [6.45, 7) is -0.151. The summed E-state index contributed by atoms with van der Waals surface area (Å²) in [6, 6.07) is -0.608. The predicted octanol–water partition coefficient (Wildman–Crippen LogP) is -0.134. The van der Waals surface area contributed by atoms with Crippen LogP contribution in [0.4, 0.5) is 5.69 Å². The van der Waals surface area contributed by atoms with Crippen molar-refractivity contribution in [1.29, 1.82) is 0 Å². The number of ether oxygens (including phenoxy) is 1. The Balaban J connectivity index is 2.03. The third kappa shape index (κ3) is 2.90. The normalized spacial score (nSPS) is 18.1. The van der Waals surface area contributed by atoms with Gasteiger partial charge in [0.15, 0.2) is 0 Å². The molecule has 2 rings (SSSR count). The fourth-order valence-electron chi connectivity index (χ4n) is 1.78. The molecule has 1 atom stereocenters. The van der Waals surface area contributed by atoms with E-state index in [-0.39, 0.29) is 18.1 Å². The van der Waals surface area contributed by atoms with Crippen LogP contribution in [0.2, 0.25) is 0 Å². The predicted molar refractivity (Wildman–Crippen MR) is 68.9 cm³/mol. The van der Waals surface area contributed by atoms with Crippen molar-refractivity contribution in [2.75, 3.05) is 18.7 Å². The molecule has 0 aromatic carbocycles. The Kier molecular flexibility index (Phi) is 4.23. The number of hydrogen-bond donors (Lipinski definition) is 0. The van der Waals surface area contributed by atoms with E-state index in [2.05, 4.69) is 9.84 Å². The Morgan fingerprint density at radius 1 is 1.65 bits per heavy atom. The number of carbonyl (C=O) groups excluding carboxylic acids is 2. The minimum atomic E-state index is -0.608. The molecule has 1 aliphatic heterocycles. The van der Waals surface area contributed by atoms with Crippen LogP contribution in [0.5, 0.6) is 0 Å². The highest BCUT2D eigenvalue weighted by molar-refractivity contribution is 7.99. The van der Waals surface area contributed by atoms with Gasteiger partial charge in [-0.25, -0.2) is 4.79 Å². The van der Waals surface area contributed by atoms with Crippen LogP contribution in [-0.4, -0.2) is 56.3 Å². The number of hydrogen-bond acceptors (Lipinski definition) is 7. The van der Waals surface area contributed by atoms with E-state index in [0.717, 1.165) is 6.20 Å². The summed E-state index contributed by atoms with van der Waals surface area (Å²) < 4.78 is 5.82. The summed E-state index contributed by atoms with van der Waals surface area (Å²) in [7, 11) is 1.27. The molecule has 1 aromatic rings. The zero-order valence-electron chi connectivity index (χ0n) is 10.6. The van der Waals surface area contributed by atoms with Crippen LogP contribution >= 0.6 is 11.8 Å². The lowest BCUT2D eigenvalue weighted by molar-refractivity contribution is -0.385. The molecule has 0 saturated carbocycles. The smallest absolute Gasteiger partial charge is 0.329 e. The molecule has 1 fully saturated rings. The number of rotatable bonds is 4. The summed E-state index contributed by atoms with van der Waals surface area (Å²) in [4.78, 5) is 35.0. The lowest BCUT2D eigenvalue weighted by Crippen LogP contribution is -2.43. The van der Waals surface area contributed by atoms with E-state index in [1.807, 2.05) is 0 Å². The molecular formula is C10H12N4O5S. The molecule has 0 unspecified atom stereocenters. The van der Waals surface area contributed by atoms with Crippen molar-refractivity contribution in [3.8, 4) is 0 Å². The van der Waals surface area contributed by atoms with Crippen molar-refractivity contribution in [2.24, 2.45) is 0 Å². The van der Waals surface area contributed by atoms with E-state index in [1.165, 1.54) is 34.7 Å².